The summed E-state index contributed by atoms with van der Waals surface area (Å²) >= 11 is 0. The van der Waals surface area contributed by atoms with Crippen molar-refractivity contribution >= 4 is 5.97 Å². The van der Waals surface area contributed by atoms with Crippen molar-refractivity contribution in [3.8, 4) is 17.2 Å². The Labute approximate surface area is 133 Å². The number of fused-ring (bicyclic) bond motifs is 6. The summed E-state index contributed by atoms with van der Waals surface area (Å²) < 4.78 is 16.6. The van der Waals surface area contributed by atoms with E-state index in [9.17, 15) is 9.90 Å². The summed E-state index contributed by atoms with van der Waals surface area (Å²) in [5.41, 5.74) is 1.87. The third-order valence-corrected chi connectivity index (χ3v) is 4.05. The van der Waals surface area contributed by atoms with Crippen LogP contribution in [-0.2, 0) is 20.7 Å². The Morgan fingerprint density at radius 2 is 2.00 bits per heavy atom. The molecule has 0 radical (unpaired) electrons. The van der Waals surface area contributed by atoms with Gasteiger partial charge in [-0.2, -0.15) is 0 Å². The van der Waals surface area contributed by atoms with E-state index in [0.717, 1.165) is 11.1 Å². The van der Waals surface area contributed by atoms with Gasteiger partial charge in [-0.05, 0) is 41.8 Å². The molecule has 4 rings (SSSR count). The van der Waals surface area contributed by atoms with Gasteiger partial charge in [0.15, 0.2) is 11.5 Å². The molecule has 1 fully saturated rings. The second kappa shape index (κ2) is 5.59. The summed E-state index contributed by atoms with van der Waals surface area (Å²) in [6.45, 7) is 0.273. The molecular weight excluding hydrogens is 296 g/mol. The van der Waals surface area contributed by atoms with Gasteiger partial charge in [0.25, 0.3) is 0 Å². The Balaban J connectivity index is 1.69. The van der Waals surface area contributed by atoms with E-state index in [4.69, 9.17) is 14.2 Å². The normalized spacial score (nSPS) is 23.0. The van der Waals surface area contributed by atoms with Gasteiger partial charge >= 0.3 is 5.97 Å². The minimum absolute atomic E-state index is 0.0642. The van der Waals surface area contributed by atoms with Crippen LogP contribution in [0.15, 0.2) is 42.5 Å². The average Bonchev–Trinajstić information content (AvgIpc) is 3.33. The molecule has 5 nitrogen and oxygen atoms in total. The number of ether oxygens (including phenoxy) is 3. The molecule has 2 aromatic rings. The maximum atomic E-state index is 11.8. The smallest absolute Gasteiger partial charge is 0.306 e. The first-order chi connectivity index (χ1) is 11.2. The Morgan fingerprint density at radius 1 is 1.09 bits per heavy atom. The van der Waals surface area contributed by atoms with Crippen molar-refractivity contribution in [3.05, 3.63) is 53.6 Å². The number of benzene rings is 2. The molecule has 1 saturated heterocycles. The fourth-order valence-corrected chi connectivity index (χ4v) is 2.73. The van der Waals surface area contributed by atoms with Crippen molar-refractivity contribution in [2.24, 2.45) is 0 Å². The Morgan fingerprint density at radius 3 is 2.91 bits per heavy atom. The lowest BCUT2D eigenvalue weighted by atomic mass is 10.1. The van der Waals surface area contributed by atoms with Gasteiger partial charge < -0.3 is 19.3 Å². The van der Waals surface area contributed by atoms with Gasteiger partial charge in [-0.1, -0.05) is 18.2 Å². The molecule has 23 heavy (non-hydrogen) atoms. The molecule has 2 aliphatic rings. The molecular formula is C18H16O5. The van der Waals surface area contributed by atoms with E-state index in [2.05, 4.69) is 0 Å². The number of phenolic OH excluding ortho intramolecular Hbond substituents is 1. The molecule has 2 heterocycles. The largest absolute Gasteiger partial charge is 0.504 e. The second-order valence-electron chi connectivity index (χ2n) is 5.75. The minimum Gasteiger partial charge on any atom is -0.504 e. The van der Waals surface area contributed by atoms with Crippen LogP contribution >= 0.6 is 0 Å². The van der Waals surface area contributed by atoms with Crippen LogP contribution in [0.5, 0.6) is 17.2 Å². The van der Waals surface area contributed by atoms with Gasteiger partial charge in [-0.15, -0.1) is 0 Å². The standard InChI is InChI=1S/C18H16O5/c19-14-6-4-11-5-7-17(20)21-10-16-18(23-16)12-2-1-3-13(9-12)22-15(14)8-11/h1-4,6,8-9,16,18-19H,5,7,10H2/t16-,18-/m1/s1. The van der Waals surface area contributed by atoms with Crippen LogP contribution in [-0.4, -0.2) is 23.8 Å². The van der Waals surface area contributed by atoms with Crippen LogP contribution < -0.4 is 4.74 Å². The highest BCUT2D eigenvalue weighted by atomic mass is 16.6. The maximum Gasteiger partial charge on any atom is 0.306 e. The summed E-state index contributed by atoms with van der Waals surface area (Å²) in [7, 11) is 0. The van der Waals surface area contributed by atoms with Crippen LogP contribution in [0.25, 0.3) is 0 Å². The Bertz CT molecular complexity index is 755. The summed E-state index contributed by atoms with van der Waals surface area (Å²) in [6.07, 6.45) is 0.648. The van der Waals surface area contributed by atoms with Gasteiger partial charge in [-0.25, -0.2) is 0 Å². The lowest BCUT2D eigenvalue weighted by Gasteiger charge is -2.11. The van der Waals surface area contributed by atoms with Gasteiger partial charge in [0.1, 0.15) is 24.6 Å². The third kappa shape index (κ3) is 3.00. The summed E-state index contributed by atoms with van der Waals surface area (Å²) in [5, 5.41) is 9.98. The molecule has 2 aliphatic heterocycles. The zero-order valence-electron chi connectivity index (χ0n) is 12.4. The van der Waals surface area contributed by atoms with E-state index < -0.39 is 0 Å². The highest BCUT2D eigenvalue weighted by Gasteiger charge is 2.41. The van der Waals surface area contributed by atoms with Crippen molar-refractivity contribution in [2.45, 2.75) is 25.0 Å². The molecule has 0 amide bonds. The van der Waals surface area contributed by atoms with Crippen molar-refractivity contribution in [3.63, 3.8) is 0 Å². The molecule has 0 aliphatic carbocycles. The van der Waals surface area contributed by atoms with Crippen LogP contribution in [0.3, 0.4) is 0 Å². The van der Waals surface area contributed by atoms with E-state index >= 15 is 0 Å². The molecule has 0 spiro atoms. The Hall–Kier alpha value is -2.53. The first-order valence-corrected chi connectivity index (χ1v) is 7.60. The fraction of sp³-hybridized carbons (Fsp3) is 0.278. The molecule has 118 valence electrons. The number of phenols is 1. The first kappa shape index (κ1) is 14.1. The number of carbonyl (C=O) groups excluding carboxylic acids is 1. The number of hydrogen-bond donors (Lipinski definition) is 1. The molecule has 2 atom stereocenters. The zero-order chi connectivity index (χ0) is 15.8. The third-order valence-electron chi connectivity index (χ3n) is 4.05. The van der Waals surface area contributed by atoms with Crippen LogP contribution in [0.1, 0.15) is 23.7 Å². The number of hydrogen-bond acceptors (Lipinski definition) is 5. The SMILES string of the molecule is O=C1CCc2ccc(O)c(c2)Oc2cccc(c2)[C@H]2O[C@@H]2CO1. The second-order valence-corrected chi connectivity index (χ2v) is 5.75. The van der Waals surface area contributed by atoms with Crippen molar-refractivity contribution in [1.82, 2.24) is 0 Å². The van der Waals surface area contributed by atoms with Gasteiger partial charge in [0.2, 0.25) is 0 Å². The minimum atomic E-state index is -0.249. The molecule has 4 bridgehead atoms. The summed E-state index contributed by atoms with van der Waals surface area (Å²) in [4.78, 5) is 11.8. The monoisotopic (exact) mass is 312 g/mol. The zero-order valence-corrected chi connectivity index (χ0v) is 12.4. The summed E-state index contributed by atoms with van der Waals surface area (Å²) in [6, 6.07) is 12.6. The quantitative estimate of drug-likeness (QED) is 0.598. The average molecular weight is 312 g/mol. The maximum absolute atomic E-state index is 11.8. The number of aryl methyl sites for hydroxylation is 1. The van der Waals surface area contributed by atoms with Crippen molar-refractivity contribution < 1.29 is 24.1 Å². The lowest BCUT2D eigenvalue weighted by Crippen LogP contribution is -2.11. The van der Waals surface area contributed by atoms with E-state index in [0.29, 0.717) is 17.9 Å². The summed E-state index contributed by atoms with van der Waals surface area (Å²) in [5.74, 6) is 0.826. The van der Waals surface area contributed by atoms with Crippen LogP contribution in [0.4, 0.5) is 0 Å². The van der Waals surface area contributed by atoms with E-state index in [-0.39, 0.29) is 37.0 Å². The number of aromatic hydroxyl groups is 1. The highest BCUT2D eigenvalue weighted by Crippen LogP contribution is 2.41. The molecule has 5 heteroatoms. The molecule has 0 saturated carbocycles. The number of carbonyl (C=O) groups is 1. The predicted molar refractivity (Wildman–Crippen MR) is 81.5 cm³/mol. The molecule has 1 N–H and O–H groups in total. The van der Waals surface area contributed by atoms with Crippen molar-refractivity contribution in [2.75, 3.05) is 6.61 Å². The predicted octanol–water partition coefficient (Wildman–Crippen LogP) is 3.11. The molecule has 0 unspecified atom stereocenters. The first-order valence-electron chi connectivity index (χ1n) is 7.60. The van der Waals surface area contributed by atoms with E-state index in [1.165, 1.54) is 0 Å². The molecule has 0 aromatic heterocycles. The van der Waals surface area contributed by atoms with Crippen LogP contribution in [0, 0.1) is 0 Å². The van der Waals surface area contributed by atoms with Crippen molar-refractivity contribution in [1.29, 1.82) is 0 Å². The number of epoxide rings is 1. The fourth-order valence-electron chi connectivity index (χ4n) is 2.73. The van der Waals surface area contributed by atoms with Crippen LogP contribution in [0.2, 0.25) is 0 Å². The van der Waals surface area contributed by atoms with E-state index in [1.807, 2.05) is 24.3 Å². The lowest BCUT2D eigenvalue weighted by molar-refractivity contribution is -0.144. The van der Waals surface area contributed by atoms with Gasteiger partial charge in [-0.3, -0.25) is 4.79 Å². The highest BCUT2D eigenvalue weighted by molar-refractivity contribution is 5.69. The Kier molecular flexibility index (Phi) is 3.42. The number of cyclic esters (lactones) is 1. The van der Waals surface area contributed by atoms with Gasteiger partial charge in [0, 0.05) is 6.42 Å². The van der Waals surface area contributed by atoms with Gasteiger partial charge in [0.05, 0.1) is 0 Å². The molecule has 2 aromatic carbocycles. The topological polar surface area (TPSA) is 68.3 Å². The number of rotatable bonds is 0. The number of esters is 1. The van der Waals surface area contributed by atoms with E-state index in [1.54, 1.807) is 18.2 Å².